The first kappa shape index (κ1) is 23.1. The molecule has 4 nitrogen and oxygen atoms in total. The van der Waals surface area contributed by atoms with Crippen molar-refractivity contribution in [3.63, 3.8) is 0 Å². The van der Waals surface area contributed by atoms with Crippen molar-refractivity contribution >= 4 is 5.91 Å². The molecule has 0 bridgehead atoms. The number of nitrogens with zero attached hydrogens (tertiary/aromatic N) is 3. The third-order valence-electron chi connectivity index (χ3n) is 6.15. The standard InChI is InChI=1S/C26H28F3N3O/c1-15(2)19-13-10-16(3)14-20(19)23(17-8-6-5-7-9-17)32(18-11-12-18)26(33)21-22(24(27)28)30-31(4)25(21)29/h5-10,13-15,18,23-24H,11-12H2,1-4H3. The number of halogens is 3. The molecule has 1 amide bonds. The highest BCUT2D eigenvalue weighted by Crippen LogP contribution is 2.42. The number of carbonyl (C=O) groups excluding carboxylic acids is 1. The summed E-state index contributed by atoms with van der Waals surface area (Å²) < 4.78 is 43.1. The van der Waals surface area contributed by atoms with Crippen molar-refractivity contribution in [2.45, 2.75) is 58.0 Å². The van der Waals surface area contributed by atoms with Crippen molar-refractivity contribution < 1.29 is 18.0 Å². The fourth-order valence-electron chi connectivity index (χ4n) is 4.43. The topological polar surface area (TPSA) is 38.1 Å². The first-order chi connectivity index (χ1) is 15.7. The molecule has 2 aromatic carbocycles. The van der Waals surface area contributed by atoms with Crippen molar-refractivity contribution in [2.75, 3.05) is 0 Å². The highest BCUT2D eigenvalue weighted by atomic mass is 19.3. The van der Waals surface area contributed by atoms with Crippen LogP contribution in [0.25, 0.3) is 0 Å². The molecule has 1 heterocycles. The molecular formula is C26H28F3N3O. The Kier molecular flexibility index (Phi) is 6.32. The van der Waals surface area contributed by atoms with E-state index in [1.807, 2.05) is 49.4 Å². The first-order valence-electron chi connectivity index (χ1n) is 11.2. The van der Waals surface area contributed by atoms with Gasteiger partial charge in [-0.1, -0.05) is 67.9 Å². The van der Waals surface area contributed by atoms with Gasteiger partial charge in [-0.2, -0.15) is 9.49 Å². The van der Waals surface area contributed by atoms with E-state index in [1.165, 1.54) is 7.05 Å². The number of amides is 1. The number of rotatable bonds is 7. The van der Waals surface area contributed by atoms with Crippen LogP contribution in [-0.4, -0.2) is 26.6 Å². The zero-order valence-corrected chi connectivity index (χ0v) is 19.2. The molecule has 3 aromatic rings. The van der Waals surface area contributed by atoms with Crippen LogP contribution in [0.1, 0.15) is 83.4 Å². The average molecular weight is 456 g/mol. The zero-order chi connectivity index (χ0) is 23.9. The molecule has 1 aliphatic rings. The largest absolute Gasteiger partial charge is 0.324 e. The minimum Gasteiger partial charge on any atom is -0.324 e. The molecule has 33 heavy (non-hydrogen) atoms. The number of hydrogen-bond acceptors (Lipinski definition) is 2. The van der Waals surface area contributed by atoms with E-state index in [1.54, 1.807) is 4.90 Å². The van der Waals surface area contributed by atoms with Gasteiger partial charge in [0.05, 0.1) is 6.04 Å². The zero-order valence-electron chi connectivity index (χ0n) is 19.2. The van der Waals surface area contributed by atoms with Crippen LogP contribution in [-0.2, 0) is 7.05 Å². The Morgan fingerprint density at radius 2 is 1.76 bits per heavy atom. The molecule has 7 heteroatoms. The number of carbonyl (C=O) groups is 1. The molecule has 0 spiro atoms. The SMILES string of the molecule is Cc1ccc(C(C)C)c(C(c2ccccc2)N(C(=O)c2c(C(F)F)nn(C)c2F)C2CC2)c1. The van der Waals surface area contributed by atoms with E-state index in [0.717, 1.165) is 35.1 Å². The van der Waals surface area contributed by atoms with Crippen LogP contribution in [0.3, 0.4) is 0 Å². The van der Waals surface area contributed by atoms with Crippen molar-refractivity contribution in [2.24, 2.45) is 7.05 Å². The van der Waals surface area contributed by atoms with E-state index in [4.69, 9.17) is 0 Å². The van der Waals surface area contributed by atoms with E-state index < -0.39 is 35.6 Å². The van der Waals surface area contributed by atoms with Gasteiger partial charge in [0.2, 0.25) is 5.95 Å². The summed E-state index contributed by atoms with van der Waals surface area (Å²) in [7, 11) is 1.23. The first-order valence-corrected chi connectivity index (χ1v) is 11.2. The fraction of sp³-hybridized carbons (Fsp3) is 0.385. The number of benzene rings is 2. The lowest BCUT2D eigenvalue weighted by atomic mass is 9.87. The van der Waals surface area contributed by atoms with Gasteiger partial charge in [0.1, 0.15) is 11.3 Å². The molecule has 1 fully saturated rings. The van der Waals surface area contributed by atoms with Gasteiger partial charge in [0.15, 0.2) is 0 Å². The van der Waals surface area contributed by atoms with Gasteiger partial charge in [0, 0.05) is 13.1 Å². The minimum absolute atomic E-state index is 0.159. The van der Waals surface area contributed by atoms with E-state index in [-0.39, 0.29) is 12.0 Å². The number of aromatic nitrogens is 2. The maximum absolute atomic E-state index is 14.9. The monoisotopic (exact) mass is 455 g/mol. The van der Waals surface area contributed by atoms with Crippen LogP contribution in [0.15, 0.2) is 48.5 Å². The Morgan fingerprint density at radius 1 is 1.09 bits per heavy atom. The van der Waals surface area contributed by atoms with E-state index in [9.17, 15) is 18.0 Å². The molecule has 0 radical (unpaired) electrons. The van der Waals surface area contributed by atoms with Crippen molar-refractivity contribution in [1.82, 2.24) is 14.7 Å². The van der Waals surface area contributed by atoms with Gasteiger partial charge in [-0.15, -0.1) is 0 Å². The lowest BCUT2D eigenvalue weighted by Gasteiger charge is -2.35. The molecule has 174 valence electrons. The van der Waals surface area contributed by atoms with E-state index >= 15 is 0 Å². The van der Waals surface area contributed by atoms with E-state index in [2.05, 4.69) is 25.0 Å². The van der Waals surface area contributed by atoms with Crippen LogP contribution in [0.5, 0.6) is 0 Å². The maximum Gasteiger partial charge on any atom is 0.283 e. The molecule has 1 aliphatic carbocycles. The summed E-state index contributed by atoms with van der Waals surface area (Å²) in [5.41, 5.74) is 2.42. The Labute approximate surface area is 192 Å². The predicted molar refractivity (Wildman–Crippen MR) is 121 cm³/mol. The lowest BCUT2D eigenvalue weighted by molar-refractivity contribution is 0.0672. The Morgan fingerprint density at radius 3 is 2.33 bits per heavy atom. The van der Waals surface area contributed by atoms with E-state index in [0.29, 0.717) is 4.68 Å². The Balaban J connectivity index is 1.94. The predicted octanol–water partition coefficient (Wildman–Crippen LogP) is 6.32. The lowest BCUT2D eigenvalue weighted by Crippen LogP contribution is -2.38. The molecule has 0 aliphatic heterocycles. The van der Waals surface area contributed by atoms with Crippen molar-refractivity contribution in [1.29, 1.82) is 0 Å². The van der Waals surface area contributed by atoms with Gasteiger partial charge >= 0.3 is 0 Å². The third-order valence-corrected chi connectivity index (χ3v) is 6.15. The van der Waals surface area contributed by atoms with Gasteiger partial charge in [0.25, 0.3) is 12.3 Å². The fourth-order valence-corrected chi connectivity index (χ4v) is 4.43. The smallest absolute Gasteiger partial charge is 0.283 e. The van der Waals surface area contributed by atoms with Gasteiger partial charge in [-0.3, -0.25) is 4.79 Å². The van der Waals surface area contributed by atoms with Crippen LogP contribution in [0.4, 0.5) is 13.2 Å². The number of aryl methyl sites for hydroxylation is 2. The number of hydrogen-bond donors (Lipinski definition) is 0. The quantitative estimate of drug-likeness (QED) is 0.418. The second-order valence-electron chi connectivity index (χ2n) is 9.02. The molecule has 4 rings (SSSR count). The van der Waals surface area contributed by atoms with Crippen LogP contribution < -0.4 is 0 Å². The molecule has 0 saturated heterocycles. The Hall–Kier alpha value is -3.09. The highest BCUT2D eigenvalue weighted by molar-refractivity contribution is 5.96. The summed E-state index contributed by atoms with van der Waals surface area (Å²) in [5, 5.41) is 3.60. The van der Waals surface area contributed by atoms with Gasteiger partial charge in [-0.05, 0) is 42.4 Å². The summed E-state index contributed by atoms with van der Waals surface area (Å²) in [6.45, 7) is 6.14. The second-order valence-corrected chi connectivity index (χ2v) is 9.02. The summed E-state index contributed by atoms with van der Waals surface area (Å²) in [5.74, 6) is -1.61. The minimum atomic E-state index is -3.05. The van der Waals surface area contributed by atoms with Gasteiger partial charge in [-0.25, -0.2) is 13.5 Å². The normalized spacial score (nSPS) is 14.7. The number of alkyl halides is 2. The van der Waals surface area contributed by atoms with Crippen molar-refractivity contribution in [3.05, 3.63) is 88.0 Å². The summed E-state index contributed by atoms with van der Waals surface area (Å²) in [6.07, 6.45) is -1.57. The van der Waals surface area contributed by atoms with Gasteiger partial charge < -0.3 is 4.90 Å². The van der Waals surface area contributed by atoms with Crippen molar-refractivity contribution in [3.8, 4) is 0 Å². The van der Waals surface area contributed by atoms with Crippen LogP contribution >= 0.6 is 0 Å². The third kappa shape index (κ3) is 4.41. The average Bonchev–Trinajstić information content (AvgIpc) is 3.56. The summed E-state index contributed by atoms with van der Waals surface area (Å²) in [4.78, 5) is 15.4. The highest BCUT2D eigenvalue weighted by Gasteiger charge is 2.43. The Bertz CT molecular complexity index is 1150. The molecule has 1 saturated carbocycles. The molecule has 0 N–H and O–H groups in total. The van der Waals surface area contributed by atoms with Crippen LogP contribution in [0.2, 0.25) is 0 Å². The molecule has 1 unspecified atom stereocenters. The second kappa shape index (κ2) is 9.04. The van der Waals surface area contributed by atoms with Crippen LogP contribution in [0, 0.1) is 12.9 Å². The molecular weight excluding hydrogens is 427 g/mol. The summed E-state index contributed by atoms with van der Waals surface area (Å²) in [6, 6.07) is 14.9. The molecule has 1 atom stereocenters. The maximum atomic E-state index is 14.9. The summed E-state index contributed by atoms with van der Waals surface area (Å²) >= 11 is 0. The molecule has 1 aromatic heterocycles.